The van der Waals surface area contributed by atoms with Gasteiger partial charge in [-0.05, 0) is 31.9 Å². The van der Waals surface area contributed by atoms with E-state index < -0.39 is 0 Å². The van der Waals surface area contributed by atoms with Crippen LogP contribution < -0.4 is 10.1 Å². The van der Waals surface area contributed by atoms with Crippen LogP contribution in [0.3, 0.4) is 0 Å². The van der Waals surface area contributed by atoms with Crippen LogP contribution in [0.2, 0.25) is 0 Å². The Balaban J connectivity index is 1.95. The Hall–Kier alpha value is -0.970. The Morgan fingerprint density at radius 2 is 2.28 bits per heavy atom. The quantitative estimate of drug-likeness (QED) is 0.889. The fraction of sp³-hybridized carbons (Fsp3) is 0.692. The van der Waals surface area contributed by atoms with Crippen molar-refractivity contribution < 1.29 is 4.74 Å². The molecule has 0 aliphatic heterocycles. The summed E-state index contributed by atoms with van der Waals surface area (Å²) >= 11 is 2.07. The molecule has 1 fully saturated rings. The van der Waals surface area contributed by atoms with Crippen molar-refractivity contribution in [2.75, 3.05) is 18.2 Å². The molecule has 100 valence electrons. The first kappa shape index (κ1) is 13.5. The highest BCUT2D eigenvalue weighted by Crippen LogP contribution is 2.31. The van der Waals surface area contributed by atoms with Crippen LogP contribution in [0.15, 0.2) is 6.07 Å². The van der Waals surface area contributed by atoms with Crippen LogP contribution in [0.5, 0.6) is 5.88 Å². The van der Waals surface area contributed by atoms with Gasteiger partial charge in [-0.1, -0.05) is 6.92 Å². The number of nitrogens with one attached hydrogen (secondary N) is 1. The van der Waals surface area contributed by atoms with E-state index in [1.54, 1.807) is 7.11 Å². The third kappa shape index (κ3) is 3.51. The van der Waals surface area contributed by atoms with E-state index >= 15 is 0 Å². The zero-order chi connectivity index (χ0) is 13.0. The molecule has 18 heavy (non-hydrogen) atoms. The Labute approximate surface area is 113 Å². The van der Waals surface area contributed by atoms with E-state index in [2.05, 4.69) is 34.0 Å². The Bertz CT molecular complexity index is 400. The zero-order valence-electron chi connectivity index (χ0n) is 11.3. The van der Waals surface area contributed by atoms with Gasteiger partial charge in [-0.3, -0.25) is 0 Å². The molecule has 0 bridgehead atoms. The van der Waals surface area contributed by atoms with E-state index in [-0.39, 0.29) is 0 Å². The van der Waals surface area contributed by atoms with Gasteiger partial charge in [0.2, 0.25) is 5.88 Å². The van der Waals surface area contributed by atoms with Gasteiger partial charge in [0.25, 0.3) is 0 Å². The molecule has 1 saturated carbocycles. The molecule has 5 heteroatoms. The lowest BCUT2D eigenvalue weighted by Gasteiger charge is -2.14. The molecule has 2 atom stereocenters. The normalized spacial score (nSPS) is 23.1. The predicted octanol–water partition coefficient (Wildman–Crippen LogP) is 2.88. The van der Waals surface area contributed by atoms with E-state index in [4.69, 9.17) is 4.74 Å². The van der Waals surface area contributed by atoms with Crippen molar-refractivity contribution in [3.63, 3.8) is 0 Å². The van der Waals surface area contributed by atoms with E-state index in [1.807, 2.05) is 13.0 Å². The highest BCUT2D eigenvalue weighted by Gasteiger charge is 2.24. The molecule has 1 aromatic rings. The standard InChI is InChI=1S/C13H21N3OS/c1-4-18-11-6-5-10(7-11)16-12-8-13(17-3)15-9(2)14-12/h8,10-11H,4-7H2,1-3H3,(H,14,15,16). The summed E-state index contributed by atoms with van der Waals surface area (Å²) in [6.07, 6.45) is 3.75. The summed E-state index contributed by atoms with van der Waals surface area (Å²) in [6.45, 7) is 4.11. The molecule has 0 amide bonds. The topological polar surface area (TPSA) is 47.0 Å². The maximum Gasteiger partial charge on any atom is 0.218 e. The number of methoxy groups -OCH3 is 1. The lowest BCUT2D eigenvalue weighted by molar-refractivity contribution is 0.396. The lowest BCUT2D eigenvalue weighted by Crippen LogP contribution is -2.17. The van der Waals surface area contributed by atoms with Gasteiger partial charge in [0.05, 0.1) is 7.11 Å². The second-order valence-corrected chi connectivity index (χ2v) is 6.15. The molecular formula is C13H21N3OS. The van der Waals surface area contributed by atoms with E-state index in [0.717, 1.165) is 16.9 Å². The van der Waals surface area contributed by atoms with Gasteiger partial charge in [-0.2, -0.15) is 16.7 Å². The molecule has 2 unspecified atom stereocenters. The van der Waals surface area contributed by atoms with Gasteiger partial charge in [-0.25, -0.2) is 4.98 Å². The van der Waals surface area contributed by atoms with Crippen molar-refractivity contribution in [1.82, 2.24) is 9.97 Å². The van der Waals surface area contributed by atoms with Crippen LogP contribution in [0.4, 0.5) is 5.82 Å². The summed E-state index contributed by atoms with van der Waals surface area (Å²) in [5.41, 5.74) is 0. The minimum absolute atomic E-state index is 0.535. The number of aryl methyl sites for hydroxylation is 1. The summed E-state index contributed by atoms with van der Waals surface area (Å²) in [6, 6.07) is 2.40. The number of hydrogen-bond donors (Lipinski definition) is 1. The third-order valence-corrected chi connectivity index (χ3v) is 4.40. The van der Waals surface area contributed by atoms with Gasteiger partial charge >= 0.3 is 0 Å². The van der Waals surface area contributed by atoms with E-state index in [9.17, 15) is 0 Å². The molecule has 0 spiro atoms. The van der Waals surface area contributed by atoms with Crippen LogP contribution >= 0.6 is 11.8 Å². The average molecular weight is 267 g/mol. The minimum Gasteiger partial charge on any atom is -0.481 e. The number of hydrogen-bond acceptors (Lipinski definition) is 5. The average Bonchev–Trinajstić information content (AvgIpc) is 2.76. The maximum absolute atomic E-state index is 5.16. The van der Waals surface area contributed by atoms with Crippen LogP contribution in [-0.2, 0) is 0 Å². The number of nitrogens with zero attached hydrogens (tertiary/aromatic N) is 2. The molecular weight excluding hydrogens is 246 g/mol. The molecule has 1 aliphatic carbocycles. The first-order valence-corrected chi connectivity index (χ1v) is 7.54. The zero-order valence-corrected chi connectivity index (χ0v) is 12.1. The maximum atomic E-state index is 5.16. The van der Waals surface area contributed by atoms with Crippen LogP contribution in [0.1, 0.15) is 32.0 Å². The van der Waals surface area contributed by atoms with Crippen molar-refractivity contribution in [1.29, 1.82) is 0 Å². The molecule has 0 saturated heterocycles. The summed E-state index contributed by atoms with van der Waals surface area (Å²) < 4.78 is 5.16. The third-order valence-electron chi connectivity index (χ3n) is 3.16. The van der Waals surface area contributed by atoms with E-state index in [1.165, 1.54) is 25.0 Å². The second-order valence-electron chi connectivity index (χ2n) is 4.57. The highest BCUT2D eigenvalue weighted by atomic mass is 32.2. The largest absolute Gasteiger partial charge is 0.481 e. The summed E-state index contributed by atoms with van der Waals surface area (Å²) in [5, 5.41) is 4.30. The van der Waals surface area contributed by atoms with Gasteiger partial charge in [0.1, 0.15) is 11.6 Å². The SMILES string of the molecule is CCSC1CCC(Nc2cc(OC)nc(C)n2)C1. The van der Waals surface area contributed by atoms with Crippen LogP contribution in [0.25, 0.3) is 0 Å². The van der Waals surface area contributed by atoms with Crippen molar-refractivity contribution >= 4 is 17.6 Å². The van der Waals surface area contributed by atoms with Gasteiger partial charge in [0, 0.05) is 17.4 Å². The van der Waals surface area contributed by atoms with Crippen molar-refractivity contribution in [2.45, 2.75) is 44.4 Å². The lowest BCUT2D eigenvalue weighted by atomic mass is 10.2. The monoisotopic (exact) mass is 267 g/mol. The van der Waals surface area contributed by atoms with E-state index in [0.29, 0.717) is 11.9 Å². The Kier molecular flexibility index (Phi) is 4.69. The summed E-state index contributed by atoms with van der Waals surface area (Å²) in [7, 11) is 1.63. The molecule has 0 radical (unpaired) electrons. The first-order chi connectivity index (χ1) is 8.71. The second kappa shape index (κ2) is 6.27. The molecule has 2 rings (SSSR count). The fourth-order valence-electron chi connectivity index (χ4n) is 2.39. The number of anilines is 1. The van der Waals surface area contributed by atoms with Gasteiger partial charge in [0.15, 0.2) is 0 Å². The van der Waals surface area contributed by atoms with Crippen molar-refractivity contribution in [3.05, 3.63) is 11.9 Å². The van der Waals surface area contributed by atoms with Crippen LogP contribution in [-0.4, -0.2) is 34.1 Å². The molecule has 1 aliphatic rings. The number of ether oxygens (including phenoxy) is 1. The summed E-state index contributed by atoms with van der Waals surface area (Å²) in [5.74, 6) is 3.46. The van der Waals surface area contributed by atoms with Crippen LogP contribution in [0, 0.1) is 6.92 Å². The smallest absolute Gasteiger partial charge is 0.218 e. The Morgan fingerprint density at radius 3 is 3.00 bits per heavy atom. The number of rotatable bonds is 5. The van der Waals surface area contributed by atoms with Crippen molar-refractivity contribution in [2.24, 2.45) is 0 Å². The fourth-order valence-corrected chi connectivity index (χ4v) is 3.53. The predicted molar refractivity (Wildman–Crippen MR) is 76.5 cm³/mol. The Morgan fingerprint density at radius 1 is 1.44 bits per heavy atom. The van der Waals surface area contributed by atoms with Gasteiger partial charge in [-0.15, -0.1) is 0 Å². The first-order valence-electron chi connectivity index (χ1n) is 6.49. The molecule has 4 nitrogen and oxygen atoms in total. The minimum atomic E-state index is 0.535. The number of aromatic nitrogens is 2. The van der Waals surface area contributed by atoms with Gasteiger partial charge < -0.3 is 10.1 Å². The highest BCUT2D eigenvalue weighted by molar-refractivity contribution is 7.99. The molecule has 1 N–H and O–H groups in total. The molecule has 1 heterocycles. The molecule has 1 aromatic heterocycles. The molecule has 0 aromatic carbocycles. The summed E-state index contributed by atoms with van der Waals surface area (Å²) in [4.78, 5) is 8.60. The van der Waals surface area contributed by atoms with Crippen molar-refractivity contribution in [3.8, 4) is 5.88 Å². The number of thioether (sulfide) groups is 1.